The lowest BCUT2D eigenvalue weighted by atomic mass is 10.1. The van der Waals surface area contributed by atoms with E-state index in [1.807, 2.05) is 0 Å². The van der Waals surface area contributed by atoms with Gasteiger partial charge >= 0.3 is 0 Å². The van der Waals surface area contributed by atoms with E-state index in [0.29, 0.717) is 5.92 Å². The first-order valence-corrected chi connectivity index (χ1v) is 4.78. The Bertz CT molecular complexity index is 147. The molecular formula is C9H20N2S. The topological polar surface area (TPSA) is 24.1 Å². The van der Waals surface area contributed by atoms with Crippen molar-refractivity contribution in [2.75, 3.05) is 6.54 Å². The highest BCUT2D eigenvalue weighted by Gasteiger charge is 2.10. The lowest BCUT2D eigenvalue weighted by Gasteiger charge is -2.23. The molecule has 0 aliphatic heterocycles. The van der Waals surface area contributed by atoms with Crippen molar-refractivity contribution >= 4 is 17.3 Å². The Kier molecular flexibility index (Phi) is 4.53. The van der Waals surface area contributed by atoms with Crippen LogP contribution in [0, 0.1) is 5.92 Å². The Labute approximate surface area is 81.1 Å². The summed E-state index contributed by atoms with van der Waals surface area (Å²) in [7, 11) is 0. The zero-order valence-corrected chi connectivity index (χ0v) is 9.51. The van der Waals surface area contributed by atoms with E-state index in [1.54, 1.807) is 0 Å². The van der Waals surface area contributed by atoms with Gasteiger partial charge in [0, 0.05) is 12.1 Å². The van der Waals surface area contributed by atoms with Crippen LogP contribution in [0.15, 0.2) is 0 Å². The van der Waals surface area contributed by atoms with Gasteiger partial charge in [0.05, 0.1) is 0 Å². The Hall–Kier alpha value is -0.310. The predicted molar refractivity (Wildman–Crippen MR) is 58.3 cm³/mol. The Balaban J connectivity index is 3.61. The third kappa shape index (κ3) is 7.79. The molecule has 0 aromatic rings. The van der Waals surface area contributed by atoms with Gasteiger partial charge < -0.3 is 10.6 Å². The Morgan fingerprint density at radius 1 is 1.33 bits per heavy atom. The molecule has 0 unspecified atom stereocenters. The molecule has 0 heterocycles. The predicted octanol–water partition coefficient (Wildman–Crippen LogP) is 1.91. The van der Waals surface area contributed by atoms with Gasteiger partial charge in [-0.25, -0.2) is 0 Å². The standard InChI is InChI=1S/C9H20N2S/c1-7(2)6-10-8(12)11-9(3,4)5/h7H,6H2,1-5H3,(H2,10,11,12). The minimum Gasteiger partial charge on any atom is -0.362 e. The van der Waals surface area contributed by atoms with Crippen molar-refractivity contribution in [1.82, 2.24) is 10.6 Å². The number of hydrogen-bond acceptors (Lipinski definition) is 1. The summed E-state index contributed by atoms with van der Waals surface area (Å²) in [5, 5.41) is 7.10. The fourth-order valence-corrected chi connectivity index (χ4v) is 1.07. The van der Waals surface area contributed by atoms with E-state index < -0.39 is 0 Å². The van der Waals surface area contributed by atoms with Crippen molar-refractivity contribution in [3.63, 3.8) is 0 Å². The molecule has 0 aliphatic rings. The van der Waals surface area contributed by atoms with Gasteiger partial charge in [0.15, 0.2) is 5.11 Å². The zero-order valence-electron chi connectivity index (χ0n) is 8.69. The molecule has 2 nitrogen and oxygen atoms in total. The average molecular weight is 188 g/mol. The molecule has 0 amide bonds. The second-order valence-corrected chi connectivity index (χ2v) is 4.89. The fourth-order valence-electron chi connectivity index (χ4n) is 0.682. The maximum Gasteiger partial charge on any atom is 0.166 e. The van der Waals surface area contributed by atoms with Crippen molar-refractivity contribution < 1.29 is 0 Å². The van der Waals surface area contributed by atoms with E-state index in [4.69, 9.17) is 12.2 Å². The number of rotatable bonds is 2. The average Bonchev–Trinajstić information content (AvgIpc) is 1.79. The summed E-state index contributed by atoms with van der Waals surface area (Å²) in [6.45, 7) is 11.5. The highest BCUT2D eigenvalue weighted by atomic mass is 32.1. The molecule has 0 radical (unpaired) electrons. The van der Waals surface area contributed by atoms with Crippen LogP contribution in [0.2, 0.25) is 0 Å². The maximum atomic E-state index is 5.10. The molecule has 0 atom stereocenters. The third-order valence-electron chi connectivity index (χ3n) is 1.16. The Morgan fingerprint density at radius 2 is 1.83 bits per heavy atom. The summed E-state index contributed by atoms with van der Waals surface area (Å²) in [5.74, 6) is 0.629. The SMILES string of the molecule is CC(C)CNC(=S)NC(C)(C)C. The Morgan fingerprint density at radius 3 is 2.17 bits per heavy atom. The van der Waals surface area contributed by atoms with Crippen molar-refractivity contribution in [2.24, 2.45) is 5.92 Å². The lowest BCUT2D eigenvalue weighted by molar-refractivity contribution is 0.501. The molecule has 72 valence electrons. The molecule has 12 heavy (non-hydrogen) atoms. The van der Waals surface area contributed by atoms with E-state index in [9.17, 15) is 0 Å². The van der Waals surface area contributed by atoms with Crippen LogP contribution in [0.5, 0.6) is 0 Å². The molecule has 0 bridgehead atoms. The second-order valence-electron chi connectivity index (χ2n) is 4.48. The van der Waals surface area contributed by atoms with E-state index in [2.05, 4.69) is 45.3 Å². The van der Waals surface area contributed by atoms with E-state index in [1.165, 1.54) is 0 Å². The summed E-state index contributed by atoms with van der Waals surface area (Å²) < 4.78 is 0. The summed E-state index contributed by atoms with van der Waals surface area (Å²) in [5.41, 5.74) is 0.0566. The number of thiocarbonyl (C=S) groups is 1. The van der Waals surface area contributed by atoms with Crippen LogP contribution in [0.3, 0.4) is 0 Å². The summed E-state index contributed by atoms with van der Waals surface area (Å²) >= 11 is 5.10. The first-order chi connectivity index (χ1) is 5.31. The van der Waals surface area contributed by atoms with Crippen LogP contribution in [0.25, 0.3) is 0 Å². The number of hydrogen-bond donors (Lipinski definition) is 2. The molecule has 3 heteroatoms. The second kappa shape index (κ2) is 4.65. The van der Waals surface area contributed by atoms with Crippen LogP contribution in [-0.4, -0.2) is 17.2 Å². The minimum atomic E-state index is 0.0566. The van der Waals surface area contributed by atoms with Gasteiger partial charge in [-0.1, -0.05) is 13.8 Å². The van der Waals surface area contributed by atoms with Crippen LogP contribution in [-0.2, 0) is 0 Å². The highest BCUT2D eigenvalue weighted by molar-refractivity contribution is 7.80. The van der Waals surface area contributed by atoms with Gasteiger partial charge in [0.1, 0.15) is 0 Å². The largest absolute Gasteiger partial charge is 0.362 e. The molecular weight excluding hydrogens is 168 g/mol. The van der Waals surface area contributed by atoms with Crippen molar-refractivity contribution in [2.45, 2.75) is 40.2 Å². The fraction of sp³-hybridized carbons (Fsp3) is 0.889. The van der Waals surface area contributed by atoms with Crippen molar-refractivity contribution in [1.29, 1.82) is 0 Å². The lowest BCUT2D eigenvalue weighted by Crippen LogP contribution is -2.47. The van der Waals surface area contributed by atoms with Crippen molar-refractivity contribution in [3.05, 3.63) is 0 Å². The van der Waals surface area contributed by atoms with E-state index >= 15 is 0 Å². The van der Waals surface area contributed by atoms with E-state index in [-0.39, 0.29) is 5.54 Å². The first-order valence-electron chi connectivity index (χ1n) is 4.37. The summed E-state index contributed by atoms with van der Waals surface area (Å²) in [6.07, 6.45) is 0. The first kappa shape index (κ1) is 11.7. The number of nitrogens with one attached hydrogen (secondary N) is 2. The molecule has 0 aromatic heterocycles. The van der Waals surface area contributed by atoms with Gasteiger partial charge in [-0.2, -0.15) is 0 Å². The molecule has 0 rings (SSSR count). The van der Waals surface area contributed by atoms with Crippen molar-refractivity contribution in [3.8, 4) is 0 Å². The third-order valence-corrected chi connectivity index (χ3v) is 1.41. The normalized spacial score (nSPS) is 11.5. The molecule has 0 saturated carbocycles. The van der Waals surface area contributed by atoms with Crippen LogP contribution >= 0.6 is 12.2 Å². The van der Waals surface area contributed by atoms with Gasteiger partial charge in [-0.15, -0.1) is 0 Å². The zero-order chi connectivity index (χ0) is 9.78. The molecule has 2 N–H and O–H groups in total. The van der Waals surface area contributed by atoms with E-state index in [0.717, 1.165) is 11.7 Å². The van der Waals surface area contributed by atoms with Crippen LogP contribution in [0.4, 0.5) is 0 Å². The van der Waals surface area contributed by atoms with Gasteiger partial charge in [0.2, 0.25) is 0 Å². The highest BCUT2D eigenvalue weighted by Crippen LogP contribution is 1.97. The summed E-state index contributed by atoms with van der Waals surface area (Å²) in [6, 6.07) is 0. The van der Waals surface area contributed by atoms with Crippen LogP contribution in [0.1, 0.15) is 34.6 Å². The monoisotopic (exact) mass is 188 g/mol. The molecule has 0 aliphatic carbocycles. The van der Waals surface area contributed by atoms with Gasteiger partial charge in [-0.3, -0.25) is 0 Å². The molecule has 0 aromatic carbocycles. The maximum absolute atomic E-state index is 5.10. The smallest absolute Gasteiger partial charge is 0.166 e. The summed E-state index contributed by atoms with van der Waals surface area (Å²) in [4.78, 5) is 0. The van der Waals surface area contributed by atoms with Gasteiger partial charge in [-0.05, 0) is 38.9 Å². The van der Waals surface area contributed by atoms with Crippen LogP contribution < -0.4 is 10.6 Å². The molecule has 0 spiro atoms. The van der Waals surface area contributed by atoms with Gasteiger partial charge in [0.25, 0.3) is 0 Å². The minimum absolute atomic E-state index is 0.0566. The molecule has 0 saturated heterocycles. The quantitative estimate of drug-likeness (QED) is 0.647. The molecule has 0 fully saturated rings.